The van der Waals surface area contributed by atoms with Crippen molar-refractivity contribution in [3.8, 4) is 5.75 Å². The molecule has 18 heavy (non-hydrogen) atoms. The molecule has 2 nitrogen and oxygen atoms in total. The van der Waals surface area contributed by atoms with Crippen LogP contribution in [0.4, 0.5) is 0 Å². The maximum Gasteiger partial charge on any atom is 0.140 e. The van der Waals surface area contributed by atoms with E-state index in [1.165, 1.54) is 12.8 Å². The van der Waals surface area contributed by atoms with Crippen molar-refractivity contribution in [3.05, 3.63) is 28.3 Å². The van der Waals surface area contributed by atoms with Crippen molar-refractivity contribution in [2.45, 2.75) is 32.6 Å². The Bertz CT molecular complexity index is 492. The molecule has 3 rings (SSSR count). The number of benzene rings is 1. The maximum absolute atomic E-state index is 12.2. The Morgan fingerprint density at radius 1 is 1.50 bits per heavy atom. The standard InChI is InChI=1S/C15H17ClO2/c1-9(10-2-3-10)14(17)8-12-7-13(16)6-11-4-5-18-15(11)12/h6-7,9-10H,2-5,8H2,1H3. The number of fused-ring (bicyclic) bond motifs is 1. The number of hydrogen-bond donors (Lipinski definition) is 0. The van der Waals surface area contributed by atoms with Crippen molar-refractivity contribution in [3.63, 3.8) is 0 Å². The lowest BCUT2D eigenvalue weighted by atomic mass is 9.94. The van der Waals surface area contributed by atoms with Gasteiger partial charge in [-0.1, -0.05) is 18.5 Å². The molecule has 0 radical (unpaired) electrons. The molecule has 2 aliphatic rings. The van der Waals surface area contributed by atoms with Crippen molar-refractivity contribution in [2.24, 2.45) is 11.8 Å². The summed E-state index contributed by atoms with van der Waals surface area (Å²) in [5.41, 5.74) is 2.11. The van der Waals surface area contributed by atoms with E-state index in [1.54, 1.807) is 0 Å². The normalized spacial score (nSPS) is 19.2. The van der Waals surface area contributed by atoms with E-state index in [1.807, 2.05) is 19.1 Å². The summed E-state index contributed by atoms with van der Waals surface area (Å²) in [5, 5.41) is 0.709. The smallest absolute Gasteiger partial charge is 0.140 e. The van der Waals surface area contributed by atoms with Gasteiger partial charge in [0.2, 0.25) is 0 Å². The Kier molecular flexibility index (Phi) is 3.06. The van der Waals surface area contributed by atoms with Crippen molar-refractivity contribution in [1.29, 1.82) is 0 Å². The van der Waals surface area contributed by atoms with Crippen molar-refractivity contribution >= 4 is 17.4 Å². The van der Waals surface area contributed by atoms with Gasteiger partial charge in [-0.05, 0) is 36.5 Å². The van der Waals surface area contributed by atoms with Gasteiger partial charge >= 0.3 is 0 Å². The molecular formula is C15H17ClO2. The Labute approximate surface area is 112 Å². The van der Waals surface area contributed by atoms with E-state index in [9.17, 15) is 4.79 Å². The molecule has 1 aliphatic carbocycles. The van der Waals surface area contributed by atoms with E-state index in [2.05, 4.69) is 0 Å². The predicted octanol–water partition coefficient (Wildman–Crippen LogP) is 3.43. The maximum atomic E-state index is 12.2. The minimum Gasteiger partial charge on any atom is -0.493 e. The number of carbonyl (C=O) groups is 1. The van der Waals surface area contributed by atoms with Crippen molar-refractivity contribution < 1.29 is 9.53 Å². The third kappa shape index (κ3) is 2.26. The third-order valence-electron chi connectivity index (χ3n) is 4.03. The molecule has 1 saturated carbocycles. The Hall–Kier alpha value is -1.02. The van der Waals surface area contributed by atoms with E-state index in [-0.39, 0.29) is 5.92 Å². The average molecular weight is 265 g/mol. The van der Waals surface area contributed by atoms with Crippen molar-refractivity contribution in [1.82, 2.24) is 0 Å². The highest BCUT2D eigenvalue weighted by Crippen LogP contribution is 2.39. The molecule has 0 N–H and O–H groups in total. The number of carbonyl (C=O) groups excluding carboxylic acids is 1. The topological polar surface area (TPSA) is 26.3 Å². The summed E-state index contributed by atoms with van der Waals surface area (Å²) in [4.78, 5) is 12.2. The first kappa shape index (κ1) is 12.0. The fourth-order valence-electron chi connectivity index (χ4n) is 2.69. The van der Waals surface area contributed by atoms with E-state index in [0.717, 1.165) is 23.3 Å². The molecule has 1 unspecified atom stereocenters. The zero-order valence-corrected chi connectivity index (χ0v) is 11.3. The van der Waals surface area contributed by atoms with Crippen molar-refractivity contribution in [2.75, 3.05) is 6.61 Å². The molecule has 0 saturated heterocycles. The summed E-state index contributed by atoms with van der Waals surface area (Å²) in [6.07, 6.45) is 3.77. The lowest BCUT2D eigenvalue weighted by Crippen LogP contribution is -2.15. The van der Waals surface area contributed by atoms with Gasteiger partial charge in [-0.2, -0.15) is 0 Å². The van der Waals surface area contributed by atoms with Gasteiger partial charge in [-0.15, -0.1) is 0 Å². The van der Waals surface area contributed by atoms with Gasteiger partial charge in [0, 0.05) is 29.3 Å². The quantitative estimate of drug-likeness (QED) is 0.833. The number of hydrogen-bond acceptors (Lipinski definition) is 2. The van der Waals surface area contributed by atoms with Gasteiger partial charge in [0.15, 0.2) is 0 Å². The second kappa shape index (κ2) is 4.58. The molecule has 1 atom stereocenters. The van der Waals surface area contributed by atoms with Gasteiger partial charge < -0.3 is 4.74 Å². The van der Waals surface area contributed by atoms with Crippen LogP contribution in [0.5, 0.6) is 5.75 Å². The zero-order chi connectivity index (χ0) is 12.7. The van der Waals surface area contributed by atoms with Crippen LogP contribution >= 0.6 is 11.6 Å². The minimum atomic E-state index is 0.182. The van der Waals surface area contributed by atoms with Crippen LogP contribution in [0, 0.1) is 11.8 Å². The molecular weight excluding hydrogens is 248 g/mol. The van der Waals surface area contributed by atoms with E-state index in [4.69, 9.17) is 16.3 Å². The number of ether oxygens (including phenoxy) is 1. The van der Waals surface area contributed by atoms with Crippen LogP contribution in [0.3, 0.4) is 0 Å². The van der Waals surface area contributed by atoms with E-state index in [0.29, 0.717) is 29.8 Å². The Balaban J connectivity index is 1.81. The predicted molar refractivity (Wildman–Crippen MR) is 71.3 cm³/mol. The summed E-state index contributed by atoms with van der Waals surface area (Å²) >= 11 is 6.10. The SMILES string of the molecule is CC(C(=O)Cc1cc(Cl)cc2c1OCC2)C1CC1. The number of Topliss-reactive ketones (excluding diaryl/α,β-unsaturated/α-hetero) is 1. The van der Waals surface area contributed by atoms with Gasteiger partial charge in [0.25, 0.3) is 0 Å². The molecule has 96 valence electrons. The van der Waals surface area contributed by atoms with Crippen LogP contribution in [-0.4, -0.2) is 12.4 Å². The second-order valence-corrected chi connectivity index (χ2v) is 5.86. The Morgan fingerprint density at radius 2 is 2.28 bits per heavy atom. The zero-order valence-electron chi connectivity index (χ0n) is 10.5. The number of rotatable bonds is 4. The monoisotopic (exact) mass is 264 g/mol. The lowest BCUT2D eigenvalue weighted by Gasteiger charge is -2.12. The number of halogens is 1. The van der Waals surface area contributed by atoms with Gasteiger partial charge in [0.05, 0.1) is 6.61 Å². The summed E-state index contributed by atoms with van der Waals surface area (Å²) < 4.78 is 5.63. The lowest BCUT2D eigenvalue weighted by molar-refractivity contribution is -0.122. The average Bonchev–Trinajstić information content (AvgIpc) is 3.07. The third-order valence-corrected chi connectivity index (χ3v) is 4.25. The van der Waals surface area contributed by atoms with Crippen LogP contribution in [0.25, 0.3) is 0 Å². The molecule has 1 aliphatic heterocycles. The summed E-state index contributed by atoms with van der Waals surface area (Å²) in [6, 6.07) is 3.82. The first-order valence-electron chi connectivity index (χ1n) is 6.62. The molecule has 1 aromatic rings. The molecule has 0 amide bonds. The van der Waals surface area contributed by atoms with Gasteiger partial charge in [-0.25, -0.2) is 0 Å². The van der Waals surface area contributed by atoms with Crippen LogP contribution in [-0.2, 0) is 17.6 Å². The summed E-state index contributed by atoms with van der Waals surface area (Å²) in [6.45, 7) is 2.75. The fraction of sp³-hybridized carbons (Fsp3) is 0.533. The van der Waals surface area contributed by atoms with Gasteiger partial charge in [0.1, 0.15) is 11.5 Å². The first-order chi connectivity index (χ1) is 8.65. The highest BCUT2D eigenvalue weighted by atomic mass is 35.5. The molecule has 0 aromatic heterocycles. The van der Waals surface area contributed by atoms with Crippen LogP contribution < -0.4 is 4.74 Å². The molecule has 0 spiro atoms. The Morgan fingerprint density at radius 3 is 3.00 bits per heavy atom. The molecule has 1 heterocycles. The molecule has 3 heteroatoms. The minimum absolute atomic E-state index is 0.182. The largest absolute Gasteiger partial charge is 0.493 e. The van der Waals surface area contributed by atoms with Crippen LogP contribution in [0.15, 0.2) is 12.1 Å². The van der Waals surface area contributed by atoms with E-state index < -0.39 is 0 Å². The van der Waals surface area contributed by atoms with E-state index >= 15 is 0 Å². The second-order valence-electron chi connectivity index (χ2n) is 5.42. The number of ketones is 1. The summed E-state index contributed by atoms with van der Waals surface area (Å²) in [7, 11) is 0. The molecule has 1 aromatic carbocycles. The van der Waals surface area contributed by atoms with Gasteiger partial charge in [-0.3, -0.25) is 4.79 Å². The molecule has 0 bridgehead atoms. The summed E-state index contributed by atoms with van der Waals surface area (Å²) in [5.74, 6) is 2.01. The van der Waals surface area contributed by atoms with Crippen LogP contribution in [0.1, 0.15) is 30.9 Å². The first-order valence-corrected chi connectivity index (χ1v) is 7.00. The highest BCUT2D eigenvalue weighted by Gasteiger charge is 2.33. The highest BCUT2D eigenvalue weighted by molar-refractivity contribution is 6.30. The molecule has 1 fully saturated rings. The van der Waals surface area contributed by atoms with Crippen LogP contribution in [0.2, 0.25) is 5.02 Å². The fourth-order valence-corrected chi connectivity index (χ4v) is 2.95.